The molecule has 2 aliphatic carbocycles. The van der Waals surface area contributed by atoms with Gasteiger partial charge in [0.1, 0.15) is 5.82 Å². The highest BCUT2D eigenvalue weighted by molar-refractivity contribution is 7.71. The van der Waals surface area contributed by atoms with Crippen molar-refractivity contribution in [2.24, 2.45) is 17.8 Å². The van der Waals surface area contributed by atoms with Gasteiger partial charge in [0.15, 0.2) is 4.77 Å². The maximum atomic E-state index is 12.8. The van der Waals surface area contributed by atoms with Gasteiger partial charge in [-0.15, -0.1) is 0 Å². The van der Waals surface area contributed by atoms with Crippen molar-refractivity contribution in [1.29, 1.82) is 0 Å². The molecular formula is C16H24N4OS. The van der Waals surface area contributed by atoms with Crippen LogP contribution < -0.4 is 0 Å². The SMILES string of the molecule is CCn1c([C@@H]2CCCN(C(=O)C3[C@H]4CCC[C@@H]34)C2)n[nH]c1=S. The molecule has 1 unspecified atom stereocenters. The van der Waals surface area contributed by atoms with Crippen LogP contribution in [0, 0.1) is 22.5 Å². The summed E-state index contributed by atoms with van der Waals surface area (Å²) in [4.78, 5) is 14.9. The van der Waals surface area contributed by atoms with Crippen molar-refractivity contribution < 1.29 is 4.79 Å². The molecule has 2 saturated carbocycles. The Hall–Kier alpha value is -1.17. The Kier molecular flexibility index (Phi) is 3.59. The van der Waals surface area contributed by atoms with Crippen LogP contribution in [0.5, 0.6) is 0 Å². The van der Waals surface area contributed by atoms with Crippen LogP contribution in [0.15, 0.2) is 0 Å². The van der Waals surface area contributed by atoms with E-state index in [1.807, 2.05) is 0 Å². The van der Waals surface area contributed by atoms with E-state index in [0.29, 0.717) is 34.3 Å². The first-order valence-corrected chi connectivity index (χ1v) is 9.05. The Labute approximate surface area is 136 Å². The third-order valence-corrected chi connectivity index (χ3v) is 6.21. The zero-order chi connectivity index (χ0) is 15.3. The topological polar surface area (TPSA) is 53.9 Å². The van der Waals surface area contributed by atoms with Crippen molar-refractivity contribution in [2.45, 2.75) is 51.5 Å². The first-order valence-electron chi connectivity index (χ1n) is 8.64. The van der Waals surface area contributed by atoms with E-state index in [2.05, 4.69) is 26.6 Å². The number of nitrogens with one attached hydrogen (secondary N) is 1. The van der Waals surface area contributed by atoms with Gasteiger partial charge >= 0.3 is 0 Å². The number of carbonyl (C=O) groups is 1. The second-order valence-electron chi connectivity index (χ2n) is 7.04. The predicted molar refractivity (Wildman–Crippen MR) is 86.0 cm³/mol. The highest BCUT2D eigenvalue weighted by atomic mass is 32.1. The highest BCUT2D eigenvalue weighted by Crippen LogP contribution is 2.58. The molecule has 1 saturated heterocycles. The van der Waals surface area contributed by atoms with Crippen LogP contribution >= 0.6 is 12.2 Å². The highest BCUT2D eigenvalue weighted by Gasteiger charge is 2.57. The molecule has 1 aliphatic heterocycles. The number of hydrogen-bond donors (Lipinski definition) is 1. The summed E-state index contributed by atoms with van der Waals surface area (Å²) in [6.45, 7) is 4.66. The van der Waals surface area contributed by atoms with E-state index in [1.165, 1.54) is 19.3 Å². The first kappa shape index (κ1) is 14.4. The summed E-state index contributed by atoms with van der Waals surface area (Å²) in [6.07, 6.45) is 6.04. The number of fused-ring (bicyclic) bond motifs is 1. The van der Waals surface area contributed by atoms with Gasteiger partial charge < -0.3 is 9.47 Å². The quantitative estimate of drug-likeness (QED) is 0.871. The second-order valence-corrected chi connectivity index (χ2v) is 7.43. The van der Waals surface area contributed by atoms with E-state index in [-0.39, 0.29) is 0 Å². The molecule has 4 atom stereocenters. The number of H-pyrrole nitrogens is 1. The van der Waals surface area contributed by atoms with Crippen LogP contribution in [0.25, 0.3) is 0 Å². The fourth-order valence-electron chi connectivity index (χ4n) is 4.73. The molecule has 4 rings (SSSR count). The number of likely N-dealkylation sites (tertiary alicyclic amines) is 1. The number of rotatable bonds is 3. The average Bonchev–Trinajstić information content (AvgIpc) is 2.88. The minimum atomic E-state index is 0.323. The lowest BCUT2D eigenvalue weighted by Crippen LogP contribution is -2.41. The zero-order valence-corrected chi connectivity index (χ0v) is 13.9. The molecular weight excluding hydrogens is 296 g/mol. The third-order valence-electron chi connectivity index (χ3n) is 5.89. The standard InChI is InChI=1S/C16H24N4OS/c1-2-20-14(17-18-16(20)22)10-5-4-8-19(9-10)15(21)13-11-6-3-7-12(11)13/h10-13H,2-9H2,1H3,(H,18,22)/t10-,11-,12+,13?/m1/s1. The Balaban J connectivity index is 1.48. The first-order chi connectivity index (χ1) is 10.7. The van der Waals surface area contributed by atoms with Crippen molar-refractivity contribution in [1.82, 2.24) is 19.7 Å². The van der Waals surface area contributed by atoms with Gasteiger partial charge in [0.25, 0.3) is 0 Å². The van der Waals surface area contributed by atoms with E-state index in [1.54, 1.807) is 0 Å². The van der Waals surface area contributed by atoms with Gasteiger partial charge in [0.2, 0.25) is 5.91 Å². The molecule has 120 valence electrons. The van der Waals surface area contributed by atoms with Gasteiger partial charge in [0, 0.05) is 31.5 Å². The summed E-state index contributed by atoms with van der Waals surface area (Å²) in [7, 11) is 0. The molecule has 0 bridgehead atoms. The minimum Gasteiger partial charge on any atom is -0.342 e. The molecule has 1 amide bonds. The van der Waals surface area contributed by atoms with Gasteiger partial charge in [-0.05, 0) is 56.7 Å². The van der Waals surface area contributed by atoms with Crippen LogP contribution in [0.3, 0.4) is 0 Å². The molecule has 22 heavy (non-hydrogen) atoms. The minimum absolute atomic E-state index is 0.323. The van der Waals surface area contributed by atoms with Gasteiger partial charge in [-0.2, -0.15) is 5.10 Å². The van der Waals surface area contributed by atoms with Gasteiger partial charge in [-0.25, -0.2) is 0 Å². The fourth-order valence-corrected chi connectivity index (χ4v) is 5.00. The smallest absolute Gasteiger partial charge is 0.226 e. The number of hydrogen-bond acceptors (Lipinski definition) is 3. The number of aromatic nitrogens is 3. The largest absolute Gasteiger partial charge is 0.342 e. The molecule has 0 radical (unpaired) electrons. The summed E-state index contributed by atoms with van der Waals surface area (Å²) < 4.78 is 2.76. The summed E-state index contributed by atoms with van der Waals surface area (Å²) >= 11 is 5.29. The Bertz CT molecular complexity index is 626. The van der Waals surface area contributed by atoms with Crippen molar-refractivity contribution in [2.75, 3.05) is 13.1 Å². The molecule has 0 aromatic carbocycles. The van der Waals surface area contributed by atoms with E-state index in [0.717, 1.165) is 38.3 Å². The van der Waals surface area contributed by atoms with E-state index in [9.17, 15) is 4.79 Å². The molecule has 3 aliphatic rings. The van der Waals surface area contributed by atoms with Gasteiger partial charge in [-0.3, -0.25) is 9.89 Å². The van der Waals surface area contributed by atoms with Crippen molar-refractivity contribution in [3.8, 4) is 0 Å². The molecule has 1 aromatic heterocycles. The van der Waals surface area contributed by atoms with Crippen LogP contribution in [0.1, 0.15) is 50.8 Å². The summed E-state index contributed by atoms with van der Waals surface area (Å²) in [5.74, 6) is 3.53. The van der Waals surface area contributed by atoms with Crippen molar-refractivity contribution in [3.05, 3.63) is 10.6 Å². The lowest BCUT2D eigenvalue weighted by molar-refractivity contribution is -0.134. The predicted octanol–water partition coefficient (Wildman–Crippen LogP) is 2.71. The summed E-state index contributed by atoms with van der Waals surface area (Å²) in [6, 6.07) is 0. The van der Waals surface area contributed by atoms with Gasteiger partial charge in [-0.1, -0.05) is 6.42 Å². The normalized spacial score (nSPS) is 33.8. The molecule has 1 aromatic rings. The lowest BCUT2D eigenvalue weighted by atomic mass is 9.96. The maximum Gasteiger partial charge on any atom is 0.226 e. The van der Waals surface area contributed by atoms with E-state index in [4.69, 9.17) is 12.2 Å². The van der Waals surface area contributed by atoms with Crippen LogP contribution in [0.4, 0.5) is 0 Å². The fraction of sp³-hybridized carbons (Fsp3) is 0.812. The van der Waals surface area contributed by atoms with Crippen LogP contribution in [-0.2, 0) is 11.3 Å². The van der Waals surface area contributed by atoms with Crippen molar-refractivity contribution in [3.63, 3.8) is 0 Å². The lowest BCUT2D eigenvalue weighted by Gasteiger charge is -2.33. The molecule has 0 spiro atoms. The van der Waals surface area contributed by atoms with E-state index >= 15 is 0 Å². The Morgan fingerprint density at radius 1 is 1.32 bits per heavy atom. The van der Waals surface area contributed by atoms with Crippen LogP contribution in [-0.4, -0.2) is 38.7 Å². The number of amides is 1. The number of piperidine rings is 1. The maximum absolute atomic E-state index is 12.8. The summed E-state index contributed by atoms with van der Waals surface area (Å²) in [5, 5.41) is 7.34. The molecule has 6 heteroatoms. The number of aromatic amines is 1. The van der Waals surface area contributed by atoms with E-state index < -0.39 is 0 Å². The zero-order valence-electron chi connectivity index (χ0n) is 13.1. The molecule has 2 heterocycles. The Morgan fingerprint density at radius 3 is 2.82 bits per heavy atom. The third kappa shape index (κ3) is 2.23. The number of carbonyl (C=O) groups excluding carboxylic acids is 1. The Morgan fingerprint density at radius 2 is 2.09 bits per heavy atom. The number of nitrogens with zero attached hydrogens (tertiary/aromatic N) is 3. The van der Waals surface area contributed by atoms with Gasteiger partial charge in [0.05, 0.1) is 0 Å². The molecule has 5 nitrogen and oxygen atoms in total. The van der Waals surface area contributed by atoms with Crippen molar-refractivity contribution >= 4 is 18.1 Å². The molecule has 3 fully saturated rings. The monoisotopic (exact) mass is 320 g/mol. The second kappa shape index (κ2) is 5.48. The molecule has 1 N–H and O–H groups in total. The summed E-state index contributed by atoms with van der Waals surface area (Å²) in [5.41, 5.74) is 0. The van der Waals surface area contributed by atoms with Crippen LogP contribution in [0.2, 0.25) is 0 Å². The average molecular weight is 320 g/mol.